The predicted octanol–water partition coefficient (Wildman–Crippen LogP) is 4.41. The molecule has 3 N–H and O–H groups in total. The molecule has 0 radical (unpaired) electrons. The number of fused-ring (bicyclic) bond motifs is 5. The molecule has 18 heteroatoms. The van der Waals surface area contributed by atoms with E-state index in [1.807, 2.05) is 4.72 Å². The molecule has 4 amide bonds. The van der Waals surface area contributed by atoms with Crippen LogP contribution in [0.4, 0.5) is 13.6 Å². The minimum atomic E-state index is -4.24. The van der Waals surface area contributed by atoms with Gasteiger partial charge in [-0.2, -0.15) is 0 Å². The molecule has 1 aromatic carbocycles. The van der Waals surface area contributed by atoms with E-state index in [1.54, 1.807) is 45.9 Å². The second kappa shape index (κ2) is 15.4. The number of carbonyl (C=O) groups excluding carboxylic acids is 4. The lowest BCUT2D eigenvalue weighted by atomic mass is 9.85. The van der Waals surface area contributed by atoms with E-state index < -0.39 is 92.4 Å². The van der Waals surface area contributed by atoms with Gasteiger partial charge in [0.05, 0.1) is 35.4 Å². The minimum absolute atomic E-state index is 0.176. The molecule has 0 spiro atoms. The number of nitrogens with one attached hydrogen (secondary N) is 3. The van der Waals surface area contributed by atoms with Crippen LogP contribution >= 0.6 is 0 Å². The first-order chi connectivity index (χ1) is 27.3. The summed E-state index contributed by atoms with van der Waals surface area (Å²) in [5.41, 5.74) is -1.43. The number of aryl methyl sites for hydroxylation is 1. The molecule has 1 aromatic heterocycles. The molecular weight excluding hydrogens is 779 g/mol. The van der Waals surface area contributed by atoms with Crippen LogP contribution < -0.4 is 24.8 Å². The van der Waals surface area contributed by atoms with Crippen molar-refractivity contribution in [2.45, 2.75) is 140 Å². The zero-order valence-electron chi connectivity index (χ0n) is 33.8. The van der Waals surface area contributed by atoms with E-state index in [0.717, 1.165) is 25.7 Å². The molecular formula is C40H54F2N6O9S. The van der Waals surface area contributed by atoms with E-state index in [9.17, 15) is 36.4 Å². The molecule has 8 atom stereocenters. The van der Waals surface area contributed by atoms with Gasteiger partial charge in [-0.15, -0.1) is 0 Å². The van der Waals surface area contributed by atoms with Crippen LogP contribution in [-0.2, 0) is 35.6 Å². The highest BCUT2D eigenvalue weighted by Crippen LogP contribution is 2.50. The number of carbonyl (C=O) groups is 4. The summed E-state index contributed by atoms with van der Waals surface area (Å²) in [6, 6.07) is 2.72. The summed E-state index contributed by atoms with van der Waals surface area (Å²) in [7, 11) is -2.71. The minimum Gasteiger partial charge on any atom is -0.497 e. The van der Waals surface area contributed by atoms with Crippen molar-refractivity contribution < 1.29 is 50.6 Å². The summed E-state index contributed by atoms with van der Waals surface area (Å²) in [4.78, 5) is 67.6. The number of methoxy groups -OCH3 is 1. The number of ether oxygens (including phenoxy) is 3. The Morgan fingerprint density at radius 1 is 1.09 bits per heavy atom. The van der Waals surface area contributed by atoms with Crippen LogP contribution in [-0.4, -0.2) is 102 Å². The molecule has 7 rings (SSSR count). The molecule has 3 saturated carbocycles. The maximum atomic E-state index is 14.8. The Morgan fingerprint density at radius 3 is 2.47 bits per heavy atom. The van der Waals surface area contributed by atoms with Crippen molar-refractivity contribution in [3.8, 4) is 11.6 Å². The van der Waals surface area contributed by atoms with Crippen molar-refractivity contribution in [1.82, 2.24) is 30.2 Å². The molecule has 2 aromatic rings. The SMILES string of the molecule is CCC1C2CN(C(=O)C(C(C)(C)C)NC(=O)OC3CC3CCCCCc3nc4ccc(OC)cc4nc3O2)C1C(=O)NC1(C(=O)NS(=O)(=O)C2(C)CC2)CC1C(F)F. The van der Waals surface area contributed by atoms with Crippen molar-refractivity contribution in [1.29, 1.82) is 0 Å². The normalized spacial score (nSPS) is 31.1. The lowest BCUT2D eigenvalue weighted by Gasteiger charge is -2.36. The fourth-order valence-electron chi connectivity index (χ4n) is 8.41. The van der Waals surface area contributed by atoms with Gasteiger partial charge in [-0.3, -0.25) is 19.1 Å². The average Bonchev–Trinajstić information content (AvgIpc) is 4.11. The number of amides is 4. The largest absolute Gasteiger partial charge is 0.497 e. The topological polar surface area (TPSA) is 195 Å². The highest BCUT2D eigenvalue weighted by molar-refractivity contribution is 7.91. The smallest absolute Gasteiger partial charge is 0.408 e. The number of rotatable bonds is 8. The number of nitrogens with zero attached hydrogens (tertiary/aromatic N) is 3. The lowest BCUT2D eigenvalue weighted by molar-refractivity contribution is -0.144. The number of hydrogen-bond donors (Lipinski definition) is 3. The number of sulfonamides is 1. The van der Waals surface area contributed by atoms with E-state index in [-0.39, 0.29) is 30.9 Å². The standard InChI is InChI=1S/C40H54F2N6O9S/c1-7-23-29-20-48(30(23)33(49)46-40(19-24(40)32(41)42)36(51)47-58(53,54)39(5)15-16-39)35(50)31(38(2,3)4)45-37(52)57-28-17-21(28)11-9-8-10-12-26-34(56-29)44-27-18-22(55-6)13-14-25(27)43-26/h13-14,18,21,23-24,28-32H,7-12,15-17,19-20H2,1-6H3,(H,45,52)(H,46,49)(H,47,51). The quantitative estimate of drug-likeness (QED) is 0.341. The van der Waals surface area contributed by atoms with Crippen molar-refractivity contribution >= 4 is 44.9 Å². The molecule has 2 bridgehead atoms. The second-order valence-corrected chi connectivity index (χ2v) is 20.2. The van der Waals surface area contributed by atoms with Gasteiger partial charge in [0, 0.05) is 12.0 Å². The first-order valence-corrected chi connectivity index (χ1v) is 21.7. The van der Waals surface area contributed by atoms with Crippen LogP contribution in [0.3, 0.4) is 0 Å². The summed E-state index contributed by atoms with van der Waals surface area (Å²) in [5.74, 6) is -4.32. The molecule has 3 aliphatic carbocycles. The maximum Gasteiger partial charge on any atom is 0.408 e. The number of alkyl halides is 2. The van der Waals surface area contributed by atoms with Crippen LogP contribution in [0.15, 0.2) is 18.2 Å². The number of hydrogen-bond acceptors (Lipinski definition) is 11. The molecule has 1 saturated heterocycles. The highest BCUT2D eigenvalue weighted by Gasteiger charge is 2.68. The molecule has 4 fully saturated rings. The molecule has 15 nitrogen and oxygen atoms in total. The summed E-state index contributed by atoms with van der Waals surface area (Å²) < 4.78 is 73.5. The van der Waals surface area contributed by atoms with Crippen LogP contribution in [0.5, 0.6) is 11.6 Å². The summed E-state index contributed by atoms with van der Waals surface area (Å²) in [6.07, 6.45) is -0.0188. The van der Waals surface area contributed by atoms with E-state index in [4.69, 9.17) is 24.2 Å². The zero-order chi connectivity index (χ0) is 41.9. The van der Waals surface area contributed by atoms with Gasteiger partial charge in [-0.25, -0.2) is 32.0 Å². The monoisotopic (exact) mass is 832 g/mol. The van der Waals surface area contributed by atoms with Crippen molar-refractivity contribution in [2.75, 3.05) is 13.7 Å². The molecule has 58 heavy (non-hydrogen) atoms. The van der Waals surface area contributed by atoms with E-state index in [2.05, 4.69) is 10.6 Å². The number of alkyl carbamates (subject to hydrolysis) is 1. The van der Waals surface area contributed by atoms with E-state index in [0.29, 0.717) is 48.2 Å². The fraction of sp³-hybridized carbons (Fsp3) is 0.700. The Bertz CT molecular complexity index is 2080. The number of benzene rings is 1. The van der Waals surface area contributed by atoms with Crippen molar-refractivity contribution in [3.63, 3.8) is 0 Å². The van der Waals surface area contributed by atoms with Gasteiger partial charge >= 0.3 is 6.09 Å². The molecule has 8 unspecified atom stereocenters. The Morgan fingerprint density at radius 2 is 1.83 bits per heavy atom. The van der Waals surface area contributed by atoms with Crippen LogP contribution in [0, 0.1) is 23.2 Å². The van der Waals surface area contributed by atoms with Gasteiger partial charge in [0.15, 0.2) is 0 Å². The molecule has 2 aliphatic heterocycles. The van der Waals surface area contributed by atoms with Crippen LogP contribution in [0.1, 0.15) is 98.1 Å². The van der Waals surface area contributed by atoms with Gasteiger partial charge in [0.1, 0.15) is 41.3 Å². The van der Waals surface area contributed by atoms with Crippen LogP contribution in [0.25, 0.3) is 11.0 Å². The first kappa shape index (κ1) is 41.8. The highest BCUT2D eigenvalue weighted by atomic mass is 32.2. The average molecular weight is 833 g/mol. The Hall–Kier alpha value is -4.35. The van der Waals surface area contributed by atoms with E-state index >= 15 is 0 Å². The second-order valence-electron chi connectivity index (χ2n) is 18.0. The Kier molecular flexibility index (Phi) is 11.1. The Labute approximate surface area is 337 Å². The summed E-state index contributed by atoms with van der Waals surface area (Å²) in [5, 5.41) is 5.26. The van der Waals surface area contributed by atoms with Crippen molar-refractivity contribution in [2.24, 2.45) is 23.2 Å². The molecule has 5 aliphatic rings. The van der Waals surface area contributed by atoms with Gasteiger partial charge in [-0.1, -0.05) is 40.5 Å². The lowest BCUT2D eigenvalue weighted by Crippen LogP contribution is -2.61. The van der Waals surface area contributed by atoms with Crippen LogP contribution in [0.2, 0.25) is 0 Å². The third kappa shape index (κ3) is 8.13. The third-order valence-electron chi connectivity index (χ3n) is 12.7. The third-order valence-corrected chi connectivity index (χ3v) is 14.8. The van der Waals surface area contributed by atoms with E-state index in [1.165, 1.54) is 18.9 Å². The Balaban J connectivity index is 1.27. The van der Waals surface area contributed by atoms with Gasteiger partial charge in [-0.05, 0) is 81.8 Å². The van der Waals surface area contributed by atoms with Crippen molar-refractivity contribution in [3.05, 3.63) is 23.9 Å². The zero-order valence-corrected chi connectivity index (χ0v) is 34.6. The predicted molar refractivity (Wildman–Crippen MR) is 206 cm³/mol. The van der Waals surface area contributed by atoms with Gasteiger partial charge < -0.3 is 29.7 Å². The van der Waals surface area contributed by atoms with Gasteiger partial charge in [0.25, 0.3) is 5.91 Å². The molecule has 318 valence electrons. The summed E-state index contributed by atoms with van der Waals surface area (Å²) >= 11 is 0. The van der Waals surface area contributed by atoms with Gasteiger partial charge in [0.2, 0.25) is 34.1 Å². The first-order valence-electron chi connectivity index (χ1n) is 20.3. The number of aromatic nitrogens is 2. The molecule has 3 heterocycles. The number of halogens is 2. The fourth-order valence-corrected chi connectivity index (χ4v) is 9.72. The maximum absolute atomic E-state index is 14.8. The summed E-state index contributed by atoms with van der Waals surface area (Å²) in [6.45, 7) is 8.32.